The van der Waals surface area contributed by atoms with Gasteiger partial charge in [0, 0.05) is 27.7 Å². The number of hydrogen-bond donors (Lipinski definition) is 3. The maximum atomic E-state index is 12.3. The second-order valence-electron chi connectivity index (χ2n) is 8.28. The zero-order valence-corrected chi connectivity index (χ0v) is 19.8. The zero-order chi connectivity index (χ0) is 23.9. The highest BCUT2D eigenvalue weighted by Crippen LogP contribution is 2.29. The summed E-state index contributed by atoms with van der Waals surface area (Å²) in [5.74, 6) is 2.15. The summed E-state index contributed by atoms with van der Waals surface area (Å²) in [4.78, 5) is 21.7. The van der Waals surface area contributed by atoms with Crippen molar-refractivity contribution in [1.29, 1.82) is 0 Å². The summed E-state index contributed by atoms with van der Waals surface area (Å²) in [5.41, 5.74) is 9.63. The number of aromatic nitrogens is 3. The van der Waals surface area contributed by atoms with Crippen molar-refractivity contribution < 1.29 is 12.4 Å². The average molecular weight is 465 g/mol. The van der Waals surface area contributed by atoms with Gasteiger partial charge in [-0.25, -0.2) is 14.8 Å². The number of hydrogen-bond acceptors (Lipinski definition) is 5. The first-order valence-electron chi connectivity index (χ1n) is 11.8. The Kier molecular flexibility index (Phi) is 7.47. The molecule has 0 saturated heterocycles. The van der Waals surface area contributed by atoms with Gasteiger partial charge in [-0.15, -0.1) is 0 Å². The number of ether oxygens (including phenoxy) is 1. The molecular formula is C26H36N6O2. The smallest absolute Gasteiger partial charge is 0.319 e. The SMILES string of the molecule is CCCCc1nc2c(N)nc3ccccc3c2n1CCCCNC(=O)Nc1ccccc1OC.[HH].[HH]. The lowest BCUT2D eigenvalue weighted by Crippen LogP contribution is -2.29. The number of nitrogens with zero attached hydrogens (tertiary/aromatic N) is 3. The van der Waals surface area contributed by atoms with Crippen LogP contribution < -0.4 is 21.1 Å². The lowest BCUT2D eigenvalue weighted by molar-refractivity contribution is 0.251. The van der Waals surface area contributed by atoms with Crippen LogP contribution in [-0.2, 0) is 13.0 Å². The highest BCUT2D eigenvalue weighted by Gasteiger charge is 2.17. The van der Waals surface area contributed by atoms with Gasteiger partial charge >= 0.3 is 6.03 Å². The number of nitrogens with two attached hydrogens (primary N) is 1. The molecule has 182 valence electrons. The van der Waals surface area contributed by atoms with Gasteiger partial charge in [0.05, 0.1) is 23.8 Å². The Labute approximate surface area is 202 Å². The van der Waals surface area contributed by atoms with Crippen molar-refractivity contribution in [3.05, 3.63) is 54.4 Å². The third-order valence-electron chi connectivity index (χ3n) is 5.89. The van der Waals surface area contributed by atoms with Gasteiger partial charge in [0.25, 0.3) is 0 Å². The van der Waals surface area contributed by atoms with Crippen molar-refractivity contribution in [2.45, 2.75) is 45.6 Å². The fraction of sp³-hybridized carbons (Fsp3) is 0.346. The maximum Gasteiger partial charge on any atom is 0.319 e. The molecule has 2 aromatic heterocycles. The van der Waals surface area contributed by atoms with Gasteiger partial charge in [0.2, 0.25) is 0 Å². The molecule has 4 N–H and O–H groups in total. The van der Waals surface area contributed by atoms with Crippen molar-refractivity contribution in [3.8, 4) is 5.75 Å². The van der Waals surface area contributed by atoms with Gasteiger partial charge in [0.15, 0.2) is 5.82 Å². The summed E-state index contributed by atoms with van der Waals surface area (Å²) >= 11 is 0. The first-order chi connectivity index (χ1) is 16.6. The summed E-state index contributed by atoms with van der Waals surface area (Å²) in [6.45, 7) is 3.56. The Morgan fingerprint density at radius 2 is 1.88 bits per heavy atom. The van der Waals surface area contributed by atoms with Gasteiger partial charge in [-0.05, 0) is 37.5 Å². The summed E-state index contributed by atoms with van der Waals surface area (Å²) in [6.07, 6.45) is 4.81. The maximum absolute atomic E-state index is 12.3. The molecule has 0 fully saturated rings. The van der Waals surface area contributed by atoms with Crippen LogP contribution in [-0.4, -0.2) is 34.2 Å². The Morgan fingerprint density at radius 1 is 1.09 bits per heavy atom. The van der Waals surface area contributed by atoms with Crippen LogP contribution in [0.1, 0.15) is 41.3 Å². The van der Waals surface area contributed by atoms with E-state index >= 15 is 0 Å². The minimum atomic E-state index is -0.244. The number of methoxy groups -OCH3 is 1. The predicted molar refractivity (Wildman–Crippen MR) is 142 cm³/mol. The number of nitrogen functional groups attached to an aromatic ring is 1. The summed E-state index contributed by atoms with van der Waals surface area (Å²) in [7, 11) is 1.58. The van der Waals surface area contributed by atoms with Crippen LogP contribution in [0.5, 0.6) is 5.75 Å². The number of nitrogens with one attached hydrogen (secondary N) is 2. The third kappa shape index (κ3) is 5.06. The number of unbranched alkanes of at least 4 members (excludes halogenated alkanes) is 2. The Bertz CT molecular complexity index is 1290. The van der Waals surface area contributed by atoms with E-state index in [2.05, 4.69) is 33.2 Å². The molecule has 4 aromatic rings. The Balaban J connectivity index is 0.00000228. The van der Waals surface area contributed by atoms with E-state index in [4.69, 9.17) is 15.5 Å². The lowest BCUT2D eigenvalue weighted by Gasteiger charge is -2.12. The Hall–Kier alpha value is -3.81. The predicted octanol–water partition coefficient (Wildman–Crippen LogP) is 5.61. The van der Waals surface area contributed by atoms with Gasteiger partial charge in [-0.2, -0.15) is 0 Å². The number of fused-ring (bicyclic) bond motifs is 3. The number of carbonyl (C=O) groups excluding carboxylic acids is 1. The summed E-state index contributed by atoms with van der Waals surface area (Å²) in [5, 5.41) is 6.83. The molecule has 2 aromatic carbocycles. The van der Waals surface area contributed by atoms with Gasteiger partial charge < -0.3 is 25.7 Å². The number of carbonyl (C=O) groups is 1. The molecule has 0 atom stereocenters. The fourth-order valence-corrected chi connectivity index (χ4v) is 4.18. The van der Waals surface area contributed by atoms with Crippen LogP contribution in [0.3, 0.4) is 0 Å². The van der Waals surface area contributed by atoms with Crippen LogP contribution >= 0.6 is 0 Å². The standard InChI is InChI=1S/C26H32N6O2.2H2/c1-3-4-15-22-31-23-24(18-11-5-6-12-19(18)29-25(23)27)32(22)17-10-9-16-28-26(33)30-20-13-7-8-14-21(20)34-2;;/h5-8,11-14H,3-4,9-10,15-17H2,1-2H3,(H2,27,29)(H2,28,30,33);2*1H. The van der Waals surface area contributed by atoms with Crippen molar-refractivity contribution in [3.63, 3.8) is 0 Å². The number of anilines is 2. The van der Waals surface area contributed by atoms with E-state index in [0.717, 1.165) is 66.4 Å². The number of aryl methyl sites for hydroxylation is 2. The molecular weight excluding hydrogens is 428 g/mol. The quantitative estimate of drug-likeness (QED) is 0.264. The number of pyridine rings is 1. The van der Waals surface area contributed by atoms with Crippen molar-refractivity contribution in [1.82, 2.24) is 19.9 Å². The van der Waals surface area contributed by atoms with Crippen molar-refractivity contribution >= 4 is 39.5 Å². The lowest BCUT2D eigenvalue weighted by atomic mass is 10.2. The van der Waals surface area contributed by atoms with E-state index < -0.39 is 0 Å². The van der Waals surface area contributed by atoms with Gasteiger partial charge in [-0.3, -0.25) is 0 Å². The molecule has 0 bridgehead atoms. The van der Waals surface area contributed by atoms with E-state index in [1.165, 1.54) is 0 Å². The number of urea groups is 1. The monoisotopic (exact) mass is 464 g/mol. The molecule has 2 heterocycles. The second kappa shape index (κ2) is 10.9. The number of imidazole rings is 1. The molecule has 0 aliphatic rings. The van der Waals surface area contributed by atoms with E-state index in [1.807, 2.05) is 42.5 Å². The molecule has 0 unspecified atom stereocenters. The summed E-state index contributed by atoms with van der Waals surface area (Å²) < 4.78 is 7.57. The molecule has 4 rings (SSSR count). The molecule has 0 radical (unpaired) electrons. The minimum absolute atomic E-state index is 0. The molecule has 0 saturated carbocycles. The summed E-state index contributed by atoms with van der Waals surface area (Å²) in [6, 6.07) is 15.2. The highest BCUT2D eigenvalue weighted by molar-refractivity contribution is 6.06. The molecule has 0 spiro atoms. The van der Waals surface area contributed by atoms with Gasteiger partial charge in [-0.1, -0.05) is 43.7 Å². The van der Waals surface area contributed by atoms with E-state index in [0.29, 0.717) is 23.8 Å². The third-order valence-corrected chi connectivity index (χ3v) is 5.89. The Morgan fingerprint density at radius 3 is 2.71 bits per heavy atom. The van der Waals surface area contributed by atoms with E-state index in [1.54, 1.807) is 7.11 Å². The van der Waals surface area contributed by atoms with Crippen LogP contribution in [0.15, 0.2) is 48.5 Å². The molecule has 34 heavy (non-hydrogen) atoms. The topological polar surface area (TPSA) is 107 Å². The molecule has 8 heteroatoms. The van der Waals surface area contributed by atoms with Crippen LogP contribution in [0, 0.1) is 0 Å². The number of rotatable bonds is 10. The molecule has 0 aliphatic heterocycles. The van der Waals surface area contributed by atoms with Crippen LogP contribution in [0.2, 0.25) is 0 Å². The number of amides is 2. The fourth-order valence-electron chi connectivity index (χ4n) is 4.18. The van der Waals surface area contributed by atoms with Gasteiger partial charge in [0.1, 0.15) is 17.1 Å². The largest absolute Gasteiger partial charge is 0.495 e. The first kappa shape index (κ1) is 23.4. The van der Waals surface area contributed by atoms with E-state index in [-0.39, 0.29) is 8.88 Å². The average Bonchev–Trinajstić information content (AvgIpc) is 3.22. The van der Waals surface area contributed by atoms with Crippen molar-refractivity contribution in [2.75, 3.05) is 24.7 Å². The molecule has 8 nitrogen and oxygen atoms in total. The van der Waals surface area contributed by atoms with Crippen molar-refractivity contribution in [2.24, 2.45) is 0 Å². The first-order valence-corrected chi connectivity index (χ1v) is 11.8. The normalized spacial score (nSPS) is 11.1. The zero-order valence-electron chi connectivity index (χ0n) is 19.8. The van der Waals surface area contributed by atoms with E-state index in [9.17, 15) is 4.79 Å². The molecule has 2 amide bonds. The highest BCUT2D eigenvalue weighted by atomic mass is 16.5. The number of para-hydroxylation sites is 3. The van der Waals surface area contributed by atoms with Crippen LogP contribution in [0.25, 0.3) is 21.9 Å². The van der Waals surface area contributed by atoms with Crippen LogP contribution in [0.4, 0.5) is 16.3 Å². The minimum Gasteiger partial charge on any atom is -0.495 e. The number of benzene rings is 2. The molecule has 0 aliphatic carbocycles. The second-order valence-corrected chi connectivity index (χ2v) is 8.28.